The highest BCUT2D eigenvalue weighted by molar-refractivity contribution is 5.63. The highest BCUT2D eigenvalue weighted by Gasteiger charge is 2.46. The Morgan fingerprint density at radius 1 is 1.11 bits per heavy atom. The minimum Gasteiger partial charge on any atom is -0.385 e. The van der Waals surface area contributed by atoms with Gasteiger partial charge in [0, 0.05) is 33.4 Å². The van der Waals surface area contributed by atoms with Crippen molar-refractivity contribution in [2.45, 2.75) is 38.0 Å². The molecule has 0 N–H and O–H groups in total. The van der Waals surface area contributed by atoms with Gasteiger partial charge in [-0.15, -0.1) is 0 Å². The fraction of sp³-hybridized carbons (Fsp3) is 0.435. The van der Waals surface area contributed by atoms with Crippen molar-refractivity contribution in [2.75, 3.05) is 26.8 Å². The van der Waals surface area contributed by atoms with Crippen LogP contribution in [-0.2, 0) is 26.4 Å². The lowest BCUT2D eigenvalue weighted by Crippen LogP contribution is -2.42. The summed E-state index contributed by atoms with van der Waals surface area (Å²) in [5.41, 5.74) is 3.35. The van der Waals surface area contributed by atoms with E-state index in [2.05, 4.69) is 46.0 Å². The topological polar surface area (TPSA) is 38.8 Å². The third-order valence-electron chi connectivity index (χ3n) is 5.44. The van der Waals surface area contributed by atoms with E-state index in [1.54, 1.807) is 7.11 Å². The molecule has 0 bridgehead atoms. The van der Waals surface area contributed by atoms with Crippen molar-refractivity contribution in [2.24, 2.45) is 0 Å². The molecule has 2 aromatic rings. The SMILES string of the molecule is CCOC.O=CC1OC2(CCN(Cc3ccccc3)CC2)c2ccccc21. The van der Waals surface area contributed by atoms with Gasteiger partial charge in [0.05, 0.1) is 5.60 Å². The molecule has 1 atom stereocenters. The van der Waals surface area contributed by atoms with Gasteiger partial charge in [-0.05, 0) is 36.5 Å². The van der Waals surface area contributed by atoms with Crippen LogP contribution in [0.5, 0.6) is 0 Å². The summed E-state index contributed by atoms with van der Waals surface area (Å²) in [6, 6.07) is 18.8. The van der Waals surface area contributed by atoms with Crippen LogP contribution < -0.4 is 0 Å². The average molecular weight is 367 g/mol. The molecule has 4 nitrogen and oxygen atoms in total. The van der Waals surface area contributed by atoms with E-state index in [9.17, 15) is 4.79 Å². The van der Waals surface area contributed by atoms with Crippen LogP contribution in [0.15, 0.2) is 54.6 Å². The van der Waals surface area contributed by atoms with E-state index in [1.165, 1.54) is 11.1 Å². The maximum atomic E-state index is 11.4. The summed E-state index contributed by atoms with van der Waals surface area (Å²) in [7, 11) is 1.68. The fourth-order valence-corrected chi connectivity index (χ4v) is 3.93. The van der Waals surface area contributed by atoms with Gasteiger partial charge in [0.2, 0.25) is 0 Å². The Hall–Kier alpha value is -2.01. The van der Waals surface area contributed by atoms with Crippen molar-refractivity contribution in [1.29, 1.82) is 0 Å². The van der Waals surface area contributed by atoms with Gasteiger partial charge in [0.25, 0.3) is 0 Å². The molecule has 1 spiro atoms. The zero-order chi connectivity index (χ0) is 19.1. The lowest BCUT2D eigenvalue weighted by atomic mass is 9.83. The molecule has 144 valence electrons. The van der Waals surface area contributed by atoms with E-state index in [-0.39, 0.29) is 5.60 Å². The highest BCUT2D eigenvalue weighted by Crippen LogP contribution is 2.48. The minimum absolute atomic E-state index is 0.268. The average Bonchev–Trinajstić information content (AvgIpc) is 3.04. The first-order valence-electron chi connectivity index (χ1n) is 9.70. The van der Waals surface area contributed by atoms with Gasteiger partial charge < -0.3 is 14.3 Å². The van der Waals surface area contributed by atoms with E-state index in [0.29, 0.717) is 0 Å². The molecule has 27 heavy (non-hydrogen) atoms. The lowest BCUT2D eigenvalue weighted by molar-refractivity contribution is -0.137. The van der Waals surface area contributed by atoms with Crippen LogP contribution in [-0.4, -0.2) is 38.0 Å². The first-order valence-corrected chi connectivity index (χ1v) is 9.70. The van der Waals surface area contributed by atoms with Crippen molar-refractivity contribution >= 4 is 6.29 Å². The van der Waals surface area contributed by atoms with Gasteiger partial charge >= 0.3 is 0 Å². The monoisotopic (exact) mass is 367 g/mol. The number of rotatable bonds is 4. The molecule has 0 aliphatic carbocycles. The predicted molar refractivity (Wildman–Crippen MR) is 107 cm³/mol. The number of hydrogen-bond acceptors (Lipinski definition) is 4. The number of nitrogens with zero attached hydrogens (tertiary/aromatic N) is 1. The Morgan fingerprint density at radius 2 is 1.74 bits per heavy atom. The summed E-state index contributed by atoms with van der Waals surface area (Å²) in [6.45, 7) is 5.75. The molecule has 0 saturated carbocycles. The number of aldehydes is 1. The van der Waals surface area contributed by atoms with Crippen molar-refractivity contribution in [3.8, 4) is 0 Å². The number of piperidine rings is 1. The van der Waals surface area contributed by atoms with E-state index < -0.39 is 6.10 Å². The molecule has 0 aromatic heterocycles. The number of ether oxygens (including phenoxy) is 2. The molecule has 1 unspecified atom stereocenters. The summed E-state index contributed by atoms with van der Waals surface area (Å²) < 4.78 is 10.8. The second-order valence-corrected chi connectivity index (χ2v) is 7.10. The van der Waals surface area contributed by atoms with Gasteiger partial charge in [-0.2, -0.15) is 0 Å². The number of methoxy groups -OCH3 is 1. The fourth-order valence-electron chi connectivity index (χ4n) is 3.93. The first-order chi connectivity index (χ1) is 13.2. The number of hydrogen-bond donors (Lipinski definition) is 0. The van der Waals surface area contributed by atoms with Gasteiger partial charge in [-0.25, -0.2) is 0 Å². The van der Waals surface area contributed by atoms with Crippen LogP contribution in [0, 0.1) is 0 Å². The van der Waals surface area contributed by atoms with Gasteiger partial charge in [0.1, 0.15) is 6.10 Å². The molecule has 1 fully saturated rings. The Kier molecular flexibility index (Phi) is 6.78. The highest BCUT2D eigenvalue weighted by atomic mass is 16.5. The third kappa shape index (κ3) is 4.46. The van der Waals surface area contributed by atoms with Crippen LogP contribution in [0.3, 0.4) is 0 Å². The number of fused-ring (bicyclic) bond motifs is 2. The second-order valence-electron chi connectivity index (χ2n) is 7.10. The van der Waals surface area contributed by atoms with Crippen molar-refractivity contribution in [3.63, 3.8) is 0 Å². The maximum Gasteiger partial charge on any atom is 0.153 e. The largest absolute Gasteiger partial charge is 0.385 e. The molecule has 1 saturated heterocycles. The van der Waals surface area contributed by atoms with E-state index in [1.807, 2.05) is 25.1 Å². The van der Waals surface area contributed by atoms with E-state index >= 15 is 0 Å². The number of benzene rings is 2. The van der Waals surface area contributed by atoms with Crippen molar-refractivity contribution in [3.05, 3.63) is 71.3 Å². The summed E-state index contributed by atoms with van der Waals surface area (Å²) in [5, 5.41) is 0. The third-order valence-corrected chi connectivity index (χ3v) is 5.44. The number of carbonyl (C=O) groups excluding carboxylic acids is 1. The maximum absolute atomic E-state index is 11.4. The zero-order valence-corrected chi connectivity index (χ0v) is 16.3. The second kappa shape index (κ2) is 9.27. The number of carbonyl (C=O) groups is 1. The Balaban J connectivity index is 0.000000481. The predicted octanol–water partition coefficient (Wildman–Crippen LogP) is 4.10. The molecule has 0 radical (unpaired) electrons. The zero-order valence-electron chi connectivity index (χ0n) is 16.3. The van der Waals surface area contributed by atoms with Crippen LogP contribution in [0.2, 0.25) is 0 Å². The standard InChI is InChI=1S/C20H21NO2.C3H8O/c22-15-19-17-8-4-5-9-18(17)20(23-19)10-12-21(13-11-20)14-16-6-2-1-3-7-16;1-3-4-2/h1-9,15,19H,10-14H2;3H2,1-2H3. The quantitative estimate of drug-likeness (QED) is 0.763. The molecule has 2 aliphatic heterocycles. The van der Waals surface area contributed by atoms with Gasteiger partial charge in [0.15, 0.2) is 6.29 Å². The Bertz CT molecular complexity index is 721. The van der Waals surface area contributed by atoms with Crippen molar-refractivity contribution < 1.29 is 14.3 Å². The normalized spacial score (nSPS) is 20.6. The molecule has 2 aromatic carbocycles. The molecule has 4 rings (SSSR count). The number of likely N-dealkylation sites (tertiary alicyclic amines) is 1. The Labute approximate surface area is 162 Å². The van der Waals surface area contributed by atoms with Gasteiger partial charge in [-0.3, -0.25) is 4.90 Å². The first kappa shape index (κ1) is 19.7. The molecule has 2 aliphatic rings. The Morgan fingerprint density at radius 3 is 2.37 bits per heavy atom. The van der Waals surface area contributed by atoms with Crippen LogP contribution >= 0.6 is 0 Å². The van der Waals surface area contributed by atoms with Crippen molar-refractivity contribution in [1.82, 2.24) is 4.90 Å². The smallest absolute Gasteiger partial charge is 0.153 e. The van der Waals surface area contributed by atoms with E-state index in [0.717, 1.165) is 50.9 Å². The summed E-state index contributed by atoms with van der Waals surface area (Å²) >= 11 is 0. The van der Waals surface area contributed by atoms with E-state index in [4.69, 9.17) is 4.74 Å². The molecule has 2 heterocycles. The van der Waals surface area contributed by atoms with Crippen LogP contribution in [0.4, 0.5) is 0 Å². The molecule has 0 amide bonds. The van der Waals surface area contributed by atoms with Crippen LogP contribution in [0.1, 0.15) is 42.6 Å². The van der Waals surface area contributed by atoms with Gasteiger partial charge in [-0.1, -0.05) is 54.6 Å². The summed E-state index contributed by atoms with van der Waals surface area (Å²) in [4.78, 5) is 13.8. The summed E-state index contributed by atoms with van der Waals surface area (Å²) in [5.74, 6) is 0. The summed E-state index contributed by atoms with van der Waals surface area (Å²) in [6.07, 6.45) is 2.43. The lowest BCUT2D eigenvalue weighted by Gasteiger charge is -2.39. The molecular weight excluding hydrogens is 338 g/mol. The molecule has 4 heteroatoms. The molecular formula is C23H29NO3. The minimum atomic E-state index is -0.396. The van der Waals surface area contributed by atoms with Crippen LogP contribution in [0.25, 0.3) is 0 Å².